The molecule has 226 valence electrons. The summed E-state index contributed by atoms with van der Waals surface area (Å²) in [6.45, 7) is 8.21. The van der Waals surface area contributed by atoms with E-state index in [-0.39, 0.29) is 12.0 Å². The number of likely N-dealkylation sites (tertiary alicyclic amines) is 1. The lowest BCUT2D eigenvalue weighted by Gasteiger charge is -2.33. The number of amides is 2. The number of anilines is 3. The van der Waals surface area contributed by atoms with Crippen LogP contribution in [0.1, 0.15) is 69.7 Å². The van der Waals surface area contributed by atoms with Crippen LogP contribution in [0.4, 0.5) is 21.9 Å². The number of fused-ring (bicyclic) bond motifs is 2. The maximum absolute atomic E-state index is 12.4. The van der Waals surface area contributed by atoms with Gasteiger partial charge in [-0.05, 0) is 119 Å². The first-order chi connectivity index (χ1) is 20.6. The predicted octanol–water partition coefficient (Wildman–Crippen LogP) is 6.72. The van der Waals surface area contributed by atoms with Crippen molar-refractivity contribution in [3.05, 3.63) is 65.6 Å². The second-order valence-electron chi connectivity index (χ2n) is 13.2. The summed E-state index contributed by atoms with van der Waals surface area (Å²) in [5, 5.41) is 0. The summed E-state index contributed by atoms with van der Waals surface area (Å²) in [4.78, 5) is 40.1. The summed E-state index contributed by atoms with van der Waals surface area (Å²) in [6, 6.07) is 13.0. The minimum atomic E-state index is -0.454. The number of rotatable bonds is 5. The van der Waals surface area contributed by atoms with Crippen LogP contribution in [0, 0.1) is 5.92 Å². The summed E-state index contributed by atoms with van der Waals surface area (Å²) in [6.07, 6.45) is 11.3. The van der Waals surface area contributed by atoms with Crippen LogP contribution in [0.5, 0.6) is 0 Å². The largest absolute Gasteiger partial charge is 0.444 e. The topological polar surface area (TPSA) is 78.9 Å². The first-order valence-corrected chi connectivity index (χ1v) is 15.7. The SMILES string of the molecule is CN1C(=O)CCc2cc(N3CCCc4cc(-c5ccc(CCC6CCN(C(=O)OC(C)(C)C)CC6)nc5)ncc43)ccc21. The highest BCUT2D eigenvalue weighted by molar-refractivity contribution is 5.96. The lowest BCUT2D eigenvalue weighted by Crippen LogP contribution is -2.41. The average Bonchev–Trinajstić information content (AvgIpc) is 3.01. The van der Waals surface area contributed by atoms with E-state index in [4.69, 9.17) is 14.7 Å². The average molecular weight is 582 g/mol. The number of benzene rings is 1. The monoisotopic (exact) mass is 581 g/mol. The van der Waals surface area contributed by atoms with Crippen LogP contribution in [-0.2, 0) is 28.8 Å². The molecule has 0 N–H and O–H groups in total. The van der Waals surface area contributed by atoms with Crippen molar-refractivity contribution in [2.24, 2.45) is 5.92 Å². The Morgan fingerprint density at radius 2 is 1.72 bits per heavy atom. The zero-order valence-corrected chi connectivity index (χ0v) is 25.9. The van der Waals surface area contributed by atoms with Gasteiger partial charge in [-0.1, -0.05) is 0 Å². The molecule has 2 aromatic heterocycles. The normalized spacial score (nSPS) is 17.5. The Hall–Kier alpha value is -3.94. The number of carbonyl (C=O) groups is 2. The Labute approximate surface area is 255 Å². The number of carbonyl (C=O) groups excluding carboxylic acids is 2. The van der Waals surface area contributed by atoms with E-state index in [0.29, 0.717) is 12.3 Å². The van der Waals surface area contributed by atoms with Crippen LogP contribution in [0.3, 0.4) is 0 Å². The molecule has 0 atom stereocenters. The summed E-state index contributed by atoms with van der Waals surface area (Å²) >= 11 is 0. The minimum absolute atomic E-state index is 0.181. The molecule has 3 aliphatic rings. The number of piperidine rings is 1. The number of aryl methyl sites for hydroxylation is 3. The van der Waals surface area contributed by atoms with Crippen LogP contribution >= 0.6 is 0 Å². The molecule has 43 heavy (non-hydrogen) atoms. The fourth-order valence-corrected chi connectivity index (χ4v) is 6.52. The van der Waals surface area contributed by atoms with Crippen LogP contribution in [0.25, 0.3) is 11.3 Å². The van der Waals surface area contributed by atoms with Gasteiger partial charge in [0.15, 0.2) is 0 Å². The molecule has 0 radical (unpaired) electrons. The number of nitrogens with zero attached hydrogens (tertiary/aromatic N) is 5. The van der Waals surface area contributed by atoms with Gasteiger partial charge >= 0.3 is 6.09 Å². The molecule has 0 unspecified atom stereocenters. The molecule has 0 bridgehead atoms. The number of hydrogen-bond acceptors (Lipinski definition) is 6. The zero-order valence-electron chi connectivity index (χ0n) is 25.9. The fraction of sp³-hybridized carbons (Fsp3) is 0.486. The highest BCUT2D eigenvalue weighted by Crippen LogP contribution is 2.38. The third kappa shape index (κ3) is 6.53. The lowest BCUT2D eigenvalue weighted by atomic mass is 9.91. The fourth-order valence-electron chi connectivity index (χ4n) is 6.52. The van der Waals surface area contributed by atoms with E-state index in [1.165, 1.54) is 16.8 Å². The summed E-state index contributed by atoms with van der Waals surface area (Å²) in [5.74, 6) is 0.782. The van der Waals surface area contributed by atoms with Crippen LogP contribution < -0.4 is 9.80 Å². The minimum Gasteiger partial charge on any atom is -0.444 e. The summed E-state index contributed by atoms with van der Waals surface area (Å²) in [7, 11) is 1.86. The Kier molecular flexibility index (Phi) is 8.12. The third-order valence-corrected chi connectivity index (χ3v) is 9.00. The van der Waals surface area contributed by atoms with Crippen molar-refractivity contribution in [1.29, 1.82) is 0 Å². The Balaban J connectivity index is 1.07. The Morgan fingerprint density at radius 1 is 0.930 bits per heavy atom. The third-order valence-electron chi connectivity index (χ3n) is 9.00. The molecule has 8 heteroatoms. The first kappa shape index (κ1) is 29.1. The molecule has 0 spiro atoms. The highest BCUT2D eigenvalue weighted by Gasteiger charge is 2.27. The van der Waals surface area contributed by atoms with Crippen molar-refractivity contribution in [2.75, 3.05) is 36.5 Å². The number of aromatic nitrogens is 2. The maximum Gasteiger partial charge on any atom is 0.410 e. The molecule has 8 nitrogen and oxygen atoms in total. The van der Waals surface area contributed by atoms with Crippen molar-refractivity contribution < 1.29 is 14.3 Å². The van der Waals surface area contributed by atoms with Gasteiger partial charge in [0.25, 0.3) is 0 Å². The van der Waals surface area contributed by atoms with E-state index < -0.39 is 5.60 Å². The smallest absolute Gasteiger partial charge is 0.410 e. The van der Waals surface area contributed by atoms with E-state index in [1.54, 1.807) is 4.90 Å². The molecule has 0 aliphatic carbocycles. The van der Waals surface area contributed by atoms with Gasteiger partial charge in [0, 0.05) is 61.9 Å². The molecular formula is C35H43N5O3. The number of hydrogen-bond donors (Lipinski definition) is 0. The quantitative estimate of drug-likeness (QED) is 0.333. The van der Waals surface area contributed by atoms with E-state index in [0.717, 1.165) is 92.9 Å². The van der Waals surface area contributed by atoms with Gasteiger partial charge in [0.05, 0.1) is 17.6 Å². The molecule has 0 saturated carbocycles. The summed E-state index contributed by atoms with van der Waals surface area (Å²) in [5.41, 5.74) is 8.53. The van der Waals surface area contributed by atoms with E-state index in [1.807, 2.05) is 45.1 Å². The van der Waals surface area contributed by atoms with Gasteiger partial charge in [-0.2, -0.15) is 0 Å². The van der Waals surface area contributed by atoms with E-state index in [9.17, 15) is 9.59 Å². The Morgan fingerprint density at radius 3 is 2.47 bits per heavy atom. The highest BCUT2D eigenvalue weighted by atomic mass is 16.6. The number of pyridine rings is 2. The molecule has 6 rings (SSSR count). The second-order valence-corrected chi connectivity index (χ2v) is 13.2. The lowest BCUT2D eigenvalue weighted by molar-refractivity contribution is -0.118. The van der Waals surface area contributed by atoms with Crippen LogP contribution in [-0.4, -0.2) is 59.2 Å². The maximum atomic E-state index is 12.4. The van der Waals surface area contributed by atoms with Gasteiger partial charge < -0.3 is 19.4 Å². The standard InChI is InChI=1S/C35H43N5O3/c1-35(2,3)43-34(42)39-18-15-24(16-19-39)7-10-28-11-8-27(22-36-28)30-21-25-6-5-17-40(32(25)23-37-30)29-12-13-31-26(20-29)9-14-33(41)38(31)4/h8,11-13,20-24H,5-7,9-10,14-19H2,1-4H3. The van der Waals surface area contributed by atoms with Crippen molar-refractivity contribution >= 4 is 29.1 Å². The zero-order chi connectivity index (χ0) is 30.1. The van der Waals surface area contributed by atoms with Crippen LogP contribution in [0.2, 0.25) is 0 Å². The summed E-state index contributed by atoms with van der Waals surface area (Å²) < 4.78 is 5.53. The Bertz CT molecular complexity index is 1490. The molecular weight excluding hydrogens is 538 g/mol. The molecule has 1 aromatic carbocycles. The number of ether oxygens (including phenoxy) is 1. The first-order valence-electron chi connectivity index (χ1n) is 15.7. The van der Waals surface area contributed by atoms with Crippen molar-refractivity contribution in [3.8, 4) is 11.3 Å². The van der Waals surface area contributed by atoms with Gasteiger partial charge in [-0.3, -0.25) is 14.8 Å². The molecule has 3 aliphatic heterocycles. The van der Waals surface area contributed by atoms with Gasteiger partial charge in [-0.25, -0.2) is 4.79 Å². The van der Waals surface area contributed by atoms with Crippen LogP contribution in [0.15, 0.2) is 48.8 Å². The molecule has 1 saturated heterocycles. The second kappa shape index (κ2) is 12.0. The predicted molar refractivity (Wildman–Crippen MR) is 170 cm³/mol. The van der Waals surface area contributed by atoms with Gasteiger partial charge in [-0.15, -0.1) is 0 Å². The molecule has 2 amide bonds. The van der Waals surface area contributed by atoms with Gasteiger partial charge in [0.2, 0.25) is 5.91 Å². The van der Waals surface area contributed by atoms with Gasteiger partial charge in [0.1, 0.15) is 5.60 Å². The molecule has 1 fully saturated rings. The van der Waals surface area contributed by atoms with E-state index >= 15 is 0 Å². The van der Waals surface area contributed by atoms with Crippen molar-refractivity contribution in [3.63, 3.8) is 0 Å². The molecule has 3 aromatic rings. The van der Waals surface area contributed by atoms with Crippen molar-refractivity contribution in [1.82, 2.24) is 14.9 Å². The molecule has 5 heterocycles. The van der Waals surface area contributed by atoms with E-state index in [2.05, 4.69) is 41.3 Å². The van der Waals surface area contributed by atoms with Crippen molar-refractivity contribution in [2.45, 2.75) is 77.7 Å².